The molecule has 215 valence electrons. The van der Waals surface area contributed by atoms with Crippen molar-refractivity contribution in [2.24, 2.45) is 0 Å². The van der Waals surface area contributed by atoms with Gasteiger partial charge in [0.15, 0.2) is 0 Å². The maximum Gasteiger partial charge on any atom is 0.120 e. The zero-order valence-corrected chi connectivity index (χ0v) is 26.8. The molecule has 0 aliphatic rings. The van der Waals surface area contributed by atoms with E-state index in [1.807, 2.05) is 67.0 Å². The van der Waals surface area contributed by atoms with E-state index in [4.69, 9.17) is 4.42 Å². The van der Waals surface area contributed by atoms with E-state index in [9.17, 15) is 0 Å². The molecular formula is C39H32IrN2O-2. The summed E-state index contributed by atoms with van der Waals surface area (Å²) in [5.41, 5.74) is 9.63. The molecule has 3 heterocycles. The second-order valence-electron chi connectivity index (χ2n) is 10.7. The monoisotopic (exact) mass is 737 g/mol. The maximum atomic E-state index is 5.85. The summed E-state index contributed by atoms with van der Waals surface area (Å²) in [5.74, 6) is 0.849. The molecular weight excluding hydrogens is 705 g/mol. The number of para-hydroxylation sites is 1. The molecule has 0 aliphatic carbocycles. The van der Waals surface area contributed by atoms with Crippen LogP contribution in [-0.2, 0) is 20.1 Å². The van der Waals surface area contributed by atoms with Gasteiger partial charge in [-0.25, -0.2) is 0 Å². The van der Waals surface area contributed by atoms with E-state index in [2.05, 4.69) is 104 Å². The summed E-state index contributed by atoms with van der Waals surface area (Å²) >= 11 is 0. The molecule has 1 radical (unpaired) electrons. The van der Waals surface area contributed by atoms with Gasteiger partial charge >= 0.3 is 0 Å². The summed E-state index contributed by atoms with van der Waals surface area (Å²) < 4.78 is 5.85. The van der Waals surface area contributed by atoms with Crippen molar-refractivity contribution in [3.8, 4) is 22.5 Å². The van der Waals surface area contributed by atoms with Crippen LogP contribution in [0.25, 0.3) is 44.5 Å². The van der Waals surface area contributed by atoms with Gasteiger partial charge in [-0.15, -0.1) is 59.7 Å². The molecule has 4 heteroatoms. The fraction of sp³-hybridized carbons (Fsp3) is 0.128. The van der Waals surface area contributed by atoms with Crippen LogP contribution in [-0.4, -0.2) is 9.97 Å². The Kier molecular flexibility index (Phi) is 9.61. The maximum absolute atomic E-state index is 5.85. The smallest absolute Gasteiger partial charge is 0.120 e. The average molecular weight is 737 g/mol. The Morgan fingerprint density at radius 2 is 1.26 bits per heavy atom. The quantitative estimate of drug-likeness (QED) is 0.165. The van der Waals surface area contributed by atoms with Crippen molar-refractivity contribution < 1.29 is 24.5 Å². The number of pyridine rings is 2. The van der Waals surface area contributed by atoms with E-state index in [-0.39, 0.29) is 20.1 Å². The third kappa shape index (κ3) is 6.83. The first-order chi connectivity index (χ1) is 20.6. The summed E-state index contributed by atoms with van der Waals surface area (Å²) in [6.45, 7) is 6.61. The number of hydrogen-bond acceptors (Lipinski definition) is 3. The van der Waals surface area contributed by atoms with E-state index in [1.54, 1.807) is 0 Å². The van der Waals surface area contributed by atoms with Crippen LogP contribution < -0.4 is 0 Å². The van der Waals surface area contributed by atoms with Gasteiger partial charge in [-0.3, -0.25) is 0 Å². The first kappa shape index (κ1) is 30.1. The van der Waals surface area contributed by atoms with Crippen LogP contribution in [0.1, 0.15) is 49.3 Å². The van der Waals surface area contributed by atoms with Crippen molar-refractivity contribution >= 4 is 21.9 Å². The Balaban J connectivity index is 0.000000168. The Morgan fingerprint density at radius 3 is 2.00 bits per heavy atom. The van der Waals surface area contributed by atoms with E-state index in [0.29, 0.717) is 11.8 Å². The summed E-state index contributed by atoms with van der Waals surface area (Å²) in [6, 6.07) is 45.6. The van der Waals surface area contributed by atoms with Crippen LogP contribution in [0.15, 0.2) is 132 Å². The van der Waals surface area contributed by atoms with Crippen LogP contribution in [0, 0.1) is 12.1 Å². The number of fused-ring (bicyclic) bond motifs is 3. The largest absolute Gasteiger partial charge is 0.500 e. The van der Waals surface area contributed by atoms with E-state index >= 15 is 0 Å². The SMILES string of the molecule is CC(C)c1ccnc(-c2[c-]cc3oc4ccccc4c3c2)c1.CC(c1ccccc1)c1ccnc(-c2[c-]cccc2)c1.[Ir]. The summed E-state index contributed by atoms with van der Waals surface area (Å²) in [7, 11) is 0. The molecule has 0 saturated heterocycles. The fourth-order valence-corrected chi connectivity index (χ4v) is 5.12. The number of rotatable bonds is 5. The normalized spacial score (nSPS) is 11.5. The Hall–Kier alpha value is -4.37. The Labute approximate surface area is 267 Å². The zero-order valence-electron chi connectivity index (χ0n) is 24.4. The van der Waals surface area contributed by atoms with Crippen molar-refractivity contribution in [2.45, 2.75) is 32.6 Å². The number of hydrogen-bond donors (Lipinski definition) is 0. The van der Waals surface area contributed by atoms with Crippen LogP contribution in [0.2, 0.25) is 0 Å². The number of furan rings is 1. The van der Waals surface area contributed by atoms with Gasteiger partial charge in [-0.05, 0) is 46.6 Å². The molecule has 0 N–H and O–H groups in total. The van der Waals surface area contributed by atoms with Crippen LogP contribution in [0.5, 0.6) is 0 Å². The molecule has 1 unspecified atom stereocenters. The van der Waals surface area contributed by atoms with Gasteiger partial charge in [0.05, 0.1) is 5.58 Å². The van der Waals surface area contributed by atoms with E-state index < -0.39 is 0 Å². The van der Waals surface area contributed by atoms with Crippen molar-refractivity contribution in [1.29, 1.82) is 0 Å². The molecule has 4 aromatic carbocycles. The summed E-state index contributed by atoms with van der Waals surface area (Å²) in [5, 5.41) is 2.24. The van der Waals surface area contributed by atoms with Crippen LogP contribution >= 0.6 is 0 Å². The van der Waals surface area contributed by atoms with Crippen molar-refractivity contribution in [2.75, 3.05) is 0 Å². The number of benzene rings is 4. The minimum Gasteiger partial charge on any atom is -0.500 e. The Morgan fingerprint density at radius 1 is 0.581 bits per heavy atom. The van der Waals surface area contributed by atoms with Gasteiger partial charge in [0.2, 0.25) is 0 Å². The van der Waals surface area contributed by atoms with Crippen molar-refractivity contribution in [3.63, 3.8) is 0 Å². The fourth-order valence-electron chi connectivity index (χ4n) is 5.12. The first-order valence-corrected chi connectivity index (χ1v) is 14.3. The van der Waals surface area contributed by atoms with Crippen molar-refractivity contribution in [3.05, 3.63) is 156 Å². The molecule has 7 aromatic rings. The van der Waals surface area contributed by atoms with Gasteiger partial charge < -0.3 is 14.4 Å². The molecule has 0 fully saturated rings. The van der Waals surface area contributed by atoms with E-state index in [0.717, 1.165) is 44.5 Å². The van der Waals surface area contributed by atoms with Crippen LogP contribution in [0.4, 0.5) is 0 Å². The van der Waals surface area contributed by atoms with Gasteiger partial charge in [-0.1, -0.05) is 92.4 Å². The molecule has 0 aliphatic heterocycles. The van der Waals surface area contributed by atoms with E-state index in [1.165, 1.54) is 16.7 Å². The third-order valence-corrected chi connectivity index (χ3v) is 7.61. The van der Waals surface area contributed by atoms with Crippen LogP contribution in [0.3, 0.4) is 0 Å². The molecule has 0 saturated carbocycles. The molecule has 0 spiro atoms. The minimum atomic E-state index is 0. The van der Waals surface area contributed by atoms with Crippen molar-refractivity contribution in [1.82, 2.24) is 9.97 Å². The summed E-state index contributed by atoms with van der Waals surface area (Å²) in [4.78, 5) is 8.96. The predicted molar refractivity (Wildman–Crippen MR) is 172 cm³/mol. The van der Waals surface area contributed by atoms with Gasteiger partial charge in [0.25, 0.3) is 0 Å². The number of nitrogens with zero attached hydrogens (tertiary/aromatic N) is 2. The second-order valence-corrected chi connectivity index (χ2v) is 10.7. The standard InChI is InChI=1S/C20H16NO.C19H16N.Ir/c1-13(2)14-9-10-21-18(12-14)15-7-8-20-17(11-15)16-5-3-4-6-19(16)22-20;1-15(16-8-4-2-5-9-16)18-12-13-20-19(14-18)17-10-6-3-7-11-17;/h3-6,8-13H,1-2H3;2-10,12-15H,1H3;/q2*-1;. The zero-order chi connectivity index (χ0) is 28.9. The number of aromatic nitrogens is 2. The predicted octanol–water partition coefficient (Wildman–Crippen LogP) is 10.3. The molecule has 3 aromatic heterocycles. The molecule has 1 atom stereocenters. The molecule has 3 nitrogen and oxygen atoms in total. The minimum absolute atomic E-state index is 0. The second kappa shape index (κ2) is 13.7. The first-order valence-electron chi connectivity index (χ1n) is 14.3. The molecule has 43 heavy (non-hydrogen) atoms. The molecule has 7 rings (SSSR count). The van der Waals surface area contributed by atoms with Gasteiger partial charge in [-0.2, -0.15) is 0 Å². The topological polar surface area (TPSA) is 38.9 Å². The molecule has 0 amide bonds. The average Bonchev–Trinajstić information content (AvgIpc) is 3.44. The Bertz CT molecular complexity index is 1930. The third-order valence-electron chi connectivity index (χ3n) is 7.61. The summed E-state index contributed by atoms with van der Waals surface area (Å²) in [6.07, 6.45) is 3.75. The molecule has 0 bridgehead atoms. The van der Waals surface area contributed by atoms with Gasteiger partial charge in [0.1, 0.15) is 5.58 Å². The van der Waals surface area contributed by atoms with Gasteiger partial charge in [0, 0.05) is 43.8 Å².